The van der Waals surface area contributed by atoms with Gasteiger partial charge < -0.3 is 20.6 Å². The molecule has 3 aliphatic heterocycles. The number of carbonyl (C=O) groups is 3. The average molecular weight is 480 g/mol. The maximum absolute atomic E-state index is 13.7. The monoisotopic (exact) mass is 479 g/mol. The predicted molar refractivity (Wildman–Crippen MR) is 126 cm³/mol. The molecule has 7 nitrogen and oxygen atoms in total. The smallest absolute Gasteiger partial charge is 0.248 e. The second-order valence-electron chi connectivity index (χ2n) is 9.19. The molecule has 3 heterocycles. The number of anilines is 1. The van der Waals surface area contributed by atoms with E-state index in [9.17, 15) is 19.5 Å². The van der Waals surface area contributed by atoms with Gasteiger partial charge in [-0.3, -0.25) is 14.4 Å². The normalized spacial score (nSPS) is 32.8. The first kappa shape index (κ1) is 23.4. The molecule has 0 saturated carbocycles. The number of carbonyl (C=O) groups excluding carboxylic acids is 3. The number of nitrogens with zero attached hydrogens (tertiary/aromatic N) is 1. The van der Waals surface area contributed by atoms with Crippen LogP contribution in [0.2, 0.25) is 5.02 Å². The summed E-state index contributed by atoms with van der Waals surface area (Å²) in [5.41, 5.74) is 1.35. The molecule has 3 amide bonds. The van der Waals surface area contributed by atoms with E-state index in [0.29, 0.717) is 23.7 Å². The predicted octanol–water partition coefficient (Wildman–Crippen LogP) is 2.59. The van der Waals surface area contributed by atoms with Crippen LogP contribution in [0.1, 0.15) is 38.7 Å². The van der Waals surface area contributed by atoms with E-state index in [4.69, 9.17) is 11.6 Å². The molecule has 5 atom stereocenters. The minimum Gasteiger partial charge on any atom is -0.395 e. The van der Waals surface area contributed by atoms with Crippen molar-refractivity contribution in [2.45, 2.75) is 55.6 Å². The van der Waals surface area contributed by atoms with Gasteiger partial charge >= 0.3 is 0 Å². The van der Waals surface area contributed by atoms with Gasteiger partial charge in [-0.25, -0.2) is 0 Å². The summed E-state index contributed by atoms with van der Waals surface area (Å²) in [5, 5.41) is 16.0. The molecule has 32 heavy (non-hydrogen) atoms. The van der Waals surface area contributed by atoms with E-state index in [1.165, 1.54) is 4.90 Å². The molecule has 3 N–H and O–H groups in total. The third-order valence-electron chi connectivity index (χ3n) is 7.17. The van der Waals surface area contributed by atoms with Crippen molar-refractivity contribution in [2.24, 2.45) is 11.8 Å². The Balaban J connectivity index is 1.72. The van der Waals surface area contributed by atoms with Gasteiger partial charge in [0.05, 0.1) is 33.9 Å². The van der Waals surface area contributed by atoms with E-state index in [0.717, 1.165) is 18.4 Å². The second-order valence-corrected chi connectivity index (χ2v) is 11.5. The Bertz CT molecular complexity index is 939. The van der Waals surface area contributed by atoms with Gasteiger partial charge in [0, 0.05) is 17.8 Å². The average Bonchev–Trinajstić information content (AvgIpc) is 3.30. The van der Waals surface area contributed by atoms with Gasteiger partial charge in [-0.2, -0.15) is 0 Å². The Morgan fingerprint density at radius 1 is 1.31 bits per heavy atom. The maximum atomic E-state index is 13.7. The summed E-state index contributed by atoms with van der Waals surface area (Å²) in [6, 6.07) is 4.60. The molecule has 0 radical (unpaired) electrons. The zero-order valence-electron chi connectivity index (χ0n) is 18.6. The topological polar surface area (TPSA) is 98.7 Å². The van der Waals surface area contributed by atoms with Crippen molar-refractivity contribution in [3.05, 3.63) is 28.8 Å². The van der Waals surface area contributed by atoms with Gasteiger partial charge in [0.25, 0.3) is 0 Å². The molecule has 1 spiro atoms. The number of likely N-dealkylation sites (tertiary alicyclic amines) is 1. The minimum absolute atomic E-state index is 0.0528. The third-order valence-corrected chi connectivity index (χ3v) is 9.47. The standard InChI is InChI=1S/C23H30ClN3O4S/c1-4-10-25-19(29)15-16-21(31)27(11-12-28)18(23(16)9-8-22(15,3)32-23)20(30)26-17-13(2)6-5-7-14(17)24/h5-7,15-16,18,28H,4,8-12H2,1-3H3,(H,25,29)(H,26,30)/t15-,16+,18?,22+,23?/m1/s1. The Labute approximate surface area is 197 Å². The molecule has 3 saturated heterocycles. The third kappa shape index (κ3) is 3.42. The van der Waals surface area contributed by atoms with Crippen LogP contribution in [0.25, 0.3) is 0 Å². The van der Waals surface area contributed by atoms with Gasteiger partial charge in [-0.15, -0.1) is 11.8 Å². The Morgan fingerprint density at radius 2 is 2.06 bits per heavy atom. The first-order valence-electron chi connectivity index (χ1n) is 11.2. The zero-order chi connectivity index (χ0) is 23.3. The van der Waals surface area contributed by atoms with E-state index in [1.807, 2.05) is 32.9 Å². The molecule has 1 aromatic carbocycles. The van der Waals surface area contributed by atoms with Crippen molar-refractivity contribution in [2.75, 3.05) is 25.0 Å². The van der Waals surface area contributed by atoms with Crippen molar-refractivity contribution in [1.82, 2.24) is 10.2 Å². The lowest BCUT2D eigenvalue weighted by Crippen LogP contribution is -2.52. The quantitative estimate of drug-likeness (QED) is 0.558. The second kappa shape index (κ2) is 8.54. The molecule has 2 bridgehead atoms. The van der Waals surface area contributed by atoms with Crippen molar-refractivity contribution in [3.63, 3.8) is 0 Å². The summed E-state index contributed by atoms with van der Waals surface area (Å²) in [6.45, 7) is 6.24. The van der Waals surface area contributed by atoms with Crippen molar-refractivity contribution in [1.29, 1.82) is 0 Å². The van der Waals surface area contributed by atoms with Crippen LogP contribution < -0.4 is 10.6 Å². The number of nitrogens with one attached hydrogen (secondary N) is 2. The fraction of sp³-hybridized carbons (Fsp3) is 0.609. The molecule has 3 aliphatic rings. The molecule has 1 aromatic rings. The van der Waals surface area contributed by atoms with E-state index in [2.05, 4.69) is 10.6 Å². The Morgan fingerprint density at radius 3 is 2.72 bits per heavy atom. The van der Waals surface area contributed by atoms with Crippen LogP contribution in [-0.2, 0) is 14.4 Å². The number of β-amino-alcohol motifs (C(OH)–C–C–N with tert-alkyl or cyclic N) is 1. The number of fused-ring (bicyclic) bond motifs is 1. The highest BCUT2D eigenvalue weighted by atomic mass is 35.5. The number of aliphatic hydroxyl groups excluding tert-OH is 1. The van der Waals surface area contributed by atoms with Crippen LogP contribution in [0.15, 0.2) is 18.2 Å². The van der Waals surface area contributed by atoms with Crippen molar-refractivity contribution < 1.29 is 19.5 Å². The highest BCUT2D eigenvalue weighted by Gasteiger charge is 2.77. The summed E-state index contributed by atoms with van der Waals surface area (Å²) < 4.78 is -1.10. The molecule has 4 rings (SSSR count). The molecule has 0 aromatic heterocycles. The first-order chi connectivity index (χ1) is 15.2. The summed E-state index contributed by atoms with van der Waals surface area (Å²) in [6.07, 6.45) is 2.24. The number of hydrogen-bond donors (Lipinski definition) is 3. The molecule has 0 aliphatic carbocycles. The van der Waals surface area contributed by atoms with Gasteiger partial charge in [0.2, 0.25) is 17.7 Å². The van der Waals surface area contributed by atoms with Gasteiger partial charge in [0.15, 0.2) is 0 Å². The van der Waals surface area contributed by atoms with Crippen LogP contribution in [0.3, 0.4) is 0 Å². The highest BCUT2D eigenvalue weighted by molar-refractivity contribution is 8.02. The molecule has 2 unspecified atom stereocenters. The summed E-state index contributed by atoms with van der Waals surface area (Å²) in [7, 11) is 0. The number of benzene rings is 1. The Hall–Kier alpha value is -1.77. The number of hydrogen-bond acceptors (Lipinski definition) is 5. The highest BCUT2D eigenvalue weighted by Crippen LogP contribution is 2.71. The van der Waals surface area contributed by atoms with Crippen molar-refractivity contribution >= 4 is 46.8 Å². The molecular formula is C23H30ClN3O4S. The maximum Gasteiger partial charge on any atom is 0.248 e. The van der Waals surface area contributed by atoms with Crippen LogP contribution in [0.5, 0.6) is 0 Å². The number of thioether (sulfide) groups is 1. The van der Waals surface area contributed by atoms with Crippen LogP contribution in [0.4, 0.5) is 5.69 Å². The zero-order valence-corrected chi connectivity index (χ0v) is 20.2. The lowest BCUT2D eigenvalue weighted by Gasteiger charge is -2.35. The largest absolute Gasteiger partial charge is 0.395 e. The molecule has 174 valence electrons. The molecule has 3 fully saturated rings. The van der Waals surface area contributed by atoms with E-state index in [-0.39, 0.29) is 30.9 Å². The lowest BCUT2D eigenvalue weighted by atomic mass is 9.66. The fourth-order valence-corrected chi connectivity index (χ4v) is 8.44. The number of amides is 3. The fourth-order valence-electron chi connectivity index (χ4n) is 5.82. The summed E-state index contributed by atoms with van der Waals surface area (Å²) >= 11 is 7.95. The SMILES string of the molecule is CCCNC(=O)[C@H]1[C@H]2C(=O)N(CCO)C(C(=O)Nc3c(C)cccc3Cl)C23CC[C@]1(C)S3. The van der Waals surface area contributed by atoms with Crippen molar-refractivity contribution in [3.8, 4) is 0 Å². The summed E-state index contributed by atoms with van der Waals surface area (Å²) in [5.74, 6) is -1.74. The lowest BCUT2D eigenvalue weighted by molar-refractivity contribution is -0.140. The van der Waals surface area contributed by atoms with E-state index in [1.54, 1.807) is 17.8 Å². The van der Waals surface area contributed by atoms with Crippen LogP contribution >= 0.6 is 23.4 Å². The van der Waals surface area contributed by atoms with Gasteiger partial charge in [0.1, 0.15) is 6.04 Å². The van der Waals surface area contributed by atoms with E-state index >= 15 is 0 Å². The number of para-hydroxylation sites is 1. The first-order valence-corrected chi connectivity index (χ1v) is 12.3. The van der Waals surface area contributed by atoms with E-state index < -0.39 is 27.4 Å². The van der Waals surface area contributed by atoms with Crippen LogP contribution in [0, 0.1) is 18.8 Å². The number of aliphatic hydroxyl groups is 1. The number of halogens is 1. The minimum atomic E-state index is -0.779. The molecule has 9 heteroatoms. The van der Waals surface area contributed by atoms with Gasteiger partial charge in [-0.1, -0.05) is 30.7 Å². The Kier molecular flexibility index (Phi) is 6.24. The number of rotatable bonds is 7. The van der Waals surface area contributed by atoms with Crippen LogP contribution in [-0.4, -0.2) is 63.0 Å². The van der Waals surface area contributed by atoms with Gasteiger partial charge in [-0.05, 0) is 44.7 Å². The summed E-state index contributed by atoms with van der Waals surface area (Å²) in [4.78, 5) is 41.9. The number of aryl methyl sites for hydroxylation is 1. The molecular weight excluding hydrogens is 450 g/mol.